The molecule has 0 aliphatic heterocycles. The maximum atomic E-state index is 11.2. The third-order valence-electron chi connectivity index (χ3n) is 4.33. The number of benzene rings is 1. The SMILES string of the molecule is CCC[C@H]1CC[C@H](c2ccc(C(C)=O)cc2)CC1. The Morgan fingerprint density at radius 1 is 1.11 bits per heavy atom. The van der Waals surface area contributed by atoms with E-state index in [9.17, 15) is 4.79 Å². The van der Waals surface area contributed by atoms with Crippen molar-refractivity contribution in [1.29, 1.82) is 0 Å². The third-order valence-corrected chi connectivity index (χ3v) is 4.33. The first-order valence-corrected chi connectivity index (χ1v) is 7.31. The van der Waals surface area contributed by atoms with E-state index in [0.717, 1.165) is 17.4 Å². The average Bonchev–Trinajstić information content (AvgIpc) is 2.40. The summed E-state index contributed by atoms with van der Waals surface area (Å²) >= 11 is 0. The van der Waals surface area contributed by atoms with Crippen molar-refractivity contribution < 1.29 is 4.79 Å². The lowest BCUT2D eigenvalue weighted by Gasteiger charge is -2.28. The molecular weight excluding hydrogens is 220 g/mol. The molecule has 1 aromatic rings. The zero-order chi connectivity index (χ0) is 13.0. The Bertz CT molecular complexity index is 383. The van der Waals surface area contributed by atoms with Crippen molar-refractivity contribution in [3.63, 3.8) is 0 Å². The largest absolute Gasteiger partial charge is 0.295 e. The number of carbonyl (C=O) groups excluding carboxylic acids is 1. The fourth-order valence-electron chi connectivity index (χ4n) is 3.18. The number of rotatable bonds is 4. The summed E-state index contributed by atoms with van der Waals surface area (Å²) < 4.78 is 0. The van der Waals surface area contributed by atoms with Crippen LogP contribution in [0.25, 0.3) is 0 Å². The van der Waals surface area contributed by atoms with E-state index in [0.29, 0.717) is 0 Å². The van der Waals surface area contributed by atoms with Crippen molar-refractivity contribution in [2.75, 3.05) is 0 Å². The van der Waals surface area contributed by atoms with E-state index in [4.69, 9.17) is 0 Å². The van der Waals surface area contributed by atoms with Gasteiger partial charge in [-0.1, -0.05) is 44.0 Å². The molecule has 0 aromatic heterocycles. The summed E-state index contributed by atoms with van der Waals surface area (Å²) in [6.07, 6.45) is 8.13. The fourth-order valence-corrected chi connectivity index (χ4v) is 3.18. The van der Waals surface area contributed by atoms with Gasteiger partial charge < -0.3 is 0 Å². The van der Waals surface area contributed by atoms with Gasteiger partial charge in [0.15, 0.2) is 5.78 Å². The van der Waals surface area contributed by atoms with Crippen molar-refractivity contribution in [3.8, 4) is 0 Å². The summed E-state index contributed by atoms with van der Waals surface area (Å²) in [5.74, 6) is 1.84. The molecule has 1 nitrogen and oxygen atoms in total. The molecule has 1 fully saturated rings. The lowest BCUT2D eigenvalue weighted by atomic mass is 9.77. The van der Waals surface area contributed by atoms with Crippen LogP contribution >= 0.6 is 0 Å². The Balaban J connectivity index is 1.95. The highest BCUT2D eigenvalue weighted by Crippen LogP contribution is 2.37. The van der Waals surface area contributed by atoms with Crippen LogP contribution in [-0.2, 0) is 0 Å². The van der Waals surface area contributed by atoms with Crippen molar-refractivity contribution >= 4 is 5.78 Å². The third kappa shape index (κ3) is 3.22. The number of hydrogen-bond donors (Lipinski definition) is 0. The van der Waals surface area contributed by atoms with E-state index in [1.54, 1.807) is 6.92 Å². The maximum Gasteiger partial charge on any atom is 0.159 e. The van der Waals surface area contributed by atoms with E-state index >= 15 is 0 Å². The molecule has 0 spiro atoms. The van der Waals surface area contributed by atoms with E-state index < -0.39 is 0 Å². The highest BCUT2D eigenvalue weighted by molar-refractivity contribution is 5.94. The van der Waals surface area contributed by atoms with Gasteiger partial charge in [-0.25, -0.2) is 0 Å². The summed E-state index contributed by atoms with van der Waals surface area (Å²) in [4.78, 5) is 11.2. The van der Waals surface area contributed by atoms with Crippen LogP contribution in [0.3, 0.4) is 0 Å². The molecule has 0 radical (unpaired) electrons. The molecule has 18 heavy (non-hydrogen) atoms. The summed E-state index contributed by atoms with van der Waals surface area (Å²) in [7, 11) is 0. The summed E-state index contributed by atoms with van der Waals surface area (Å²) in [6.45, 7) is 3.91. The summed E-state index contributed by atoms with van der Waals surface area (Å²) in [5.41, 5.74) is 2.26. The van der Waals surface area contributed by atoms with Crippen molar-refractivity contribution in [2.45, 2.75) is 58.3 Å². The van der Waals surface area contributed by atoms with Gasteiger partial charge in [-0.3, -0.25) is 4.79 Å². The van der Waals surface area contributed by atoms with Crippen molar-refractivity contribution in [2.24, 2.45) is 5.92 Å². The lowest BCUT2D eigenvalue weighted by Crippen LogP contribution is -2.13. The predicted octanol–water partition coefficient (Wildman–Crippen LogP) is 4.96. The lowest BCUT2D eigenvalue weighted by molar-refractivity contribution is 0.101. The number of carbonyl (C=O) groups is 1. The highest BCUT2D eigenvalue weighted by Gasteiger charge is 2.21. The van der Waals surface area contributed by atoms with Crippen LogP contribution in [0.1, 0.15) is 74.2 Å². The summed E-state index contributed by atoms with van der Waals surface area (Å²) in [5, 5.41) is 0. The van der Waals surface area contributed by atoms with Crippen LogP contribution < -0.4 is 0 Å². The Morgan fingerprint density at radius 2 is 1.72 bits per heavy atom. The monoisotopic (exact) mass is 244 g/mol. The number of Topliss-reactive ketones (excluding diaryl/α,β-unsaturated/α-hetero) is 1. The van der Waals surface area contributed by atoms with Crippen LogP contribution in [-0.4, -0.2) is 5.78 Å². The van der Waals surface area contributed by atoms with Gasteiger partial charge in [0, 0.05) is 5.56 Å². The van der Waals surface area contributed by atoms with Crippen LogP contribution in [0.4, 0.5) is 0 Å². The van der Waals surface area contributed by atoms with Crippen molar-refractivity contribution in [3.05, 3.63) is 35.4 Å². The van der Waals surface area contributed by atoms with Gasteiger partial charge in [0.2, 0.25) is 0 Å². The molecule has 0 atom stereocenters. The molecule has 1 aromatic carbocycles. The second-order valence-corrected chi connectivity index (χ2v) is 5.68. The molecule has 0 bridgehead atoms. The molecule has 0 unspecified atom stereocenters. The van der Waals surface area contributed by atoms with Crippen LogP contribution in [0, 0.1) is 5.92 Å². The Morgan fingerprint density at radius 3 is 2.22 bits per heavy atom. The van der Waals surface area contributed by atoms with Gasteiger partial charge in [-0.2, -0.15) is 0 Å². The quantitative estimate of drug-likeness (QED) is 0.684. The van der Waals surface area contributed by atoms with Gasteiger partial charge >= 0.3 is 0 Å². The average molecular weight is 244 g/mol. The molecule has 1 saturated carbocycles. The molecule has 0 heterocycles. The van der Waals surface area contributed by atoms with Gasteiger partial charge in [0.1, 0.15) is 0 Å². The first-order chi connectivity index (χ1) is 8.70. The van der Waals surface area contributed by atoms with Gasteiger partial charge in [0.25, 0.3) is 0 Å². The topological polar surface area (TPSA) is 17.1 Å². The molecule has 0 amide bonds. The van der Waals surface area contributed by atoms with Crippen LogP contribution in [0.5, 0.6) is 0 Å². The smallest absolute Gasteiger partial charge is 0.159 e. The van der Waals surface area contributed by atoms with E-state index in [1.165, 1.54) is 44.1 Å². The molecule has 2 rings (SSSR count). The molecular formula is C17H24O. The molecule has 0 N–H and O–H groups in total. The number of ketones is 1. The normalized spacial score (nSPS) is 23.9. The van der Waals surface area contributed by atoms with E-state index in [-0.39, 0.29) is 5.78 Å². The first kappa shape index (κ1) is 13.3. The Kier molecular flexibility index (Phi) is 4.57. The number of hydrogen-bond acceptors (Lipinski definition) is 1. The fraction of sp³-hybridized carbons (Fsp3) is 0.588. The maximum absolute atomic E-state index is 11.2. The predicted molar refractivity (Wildman–Crippen MR) is 76.1 cm³/mol. The van der Waals surface area contributed by atoms with Gasteiger partial charge in [-0.15, -0.1) is 0 Å². The van der Waals surface area contributed by atoms with Gasteiger partial charge in [0.05, 0.1) is 0 Å². The minimum absolute atomic E-state index is 0.160. The Labute approximate surface area is 111 Å². The molecule has 1 aliphatic carbocycles. The first-order valence-electron chi connectivity index (χ1n) is 7.31. The van der Waals surface area contributed by atoms with E-state index in [1.807, 2.05) is 12.1 Å². The second kappa shape index (κ2) is 6.17. The highest BCUT2D eigenvalue weighted by atomic mass is 16.1. The molecule has 98 valence electrons. The van der Waals surface area contributed by atoms with Crippen molar-refractivity contribution in [1.82, 2.24) is 0 Å². The standard InChI is InChI=1S/C17H24O/c1-3-4-14-5-7-16(8-6-14)17-11-9-15(10-12-17)13(2)18/h9-12,14,16H,3-8H2,1-2H3/t14-,16-. The second-order valence-electron chi connectivity index (χ2n) is 5.68. The Hall–Kier alpha value is -1.11. The summed E-state index contributed by atoms with van der Waals surface area (Å²) in [6, 6.07) is 8.27. The molecule has 0 saturated heterocycles. The van der Waals surface area contributed by atoms with E-state index in [2.05, 4.69) is 19.1 Å². The minimum Gasteiger partial charge on any atom is -0.295 e. The van der Waals surface area contributed by atoms with Crippen LogP contribution in [0.2, 0.25) is 0 Å². The zero-order valence-corrected chi connectivity index (χ0v) is 11.6. The zero-order valence-electron chi connectivity index (χ0n) is 11.6. The minimum atomic E-state index is 0.160. The molecule has 1 aliphatic rings. The van der Waals surface area contributed by atoms with Crippen LogP contribution in [0.15, 0.2) is 24.3 Å². The molecule has 1 heteroatoms. The van der Waals surface area contributed by atoms with Gasteiger partial charge in [-0.05, 0) is 50.0 Å².